The van der Waals surface area contributed by atoms with Gasteiger partial charge in [0.05, 0.1) is 6.61 Å². The van der Waals surface area contributed by atoms with E-state index in [0.29, 0.717) is 18.2 Å². The van der Waals surface area contributed by atoms with Gasteiger partial charge >= 0.3 is 0 Å². The van der Waals surface area contributed by atoms with Crippen LogP contribution in [0.3, 0.4) is 0 Å². The second-order valence-corrected chi connectivity index (χ2v) is 3.45. The number of aromatic hydroxyl groups is 1. The zero-order chi connectivity index (χ0) is 9.26. The van der Waals surface area contributed by atoms with Crippen LogP contribution in [0.1, 0.15) is 6.92 Å². The number of phenols is 1. The van der Waals surface area contributed by atoms with Crippen molar-refractivity contribution in [1.29, 1.82) is 0 Å². The fourth-order valence-corrected chi connectivity index (χ4v) is 1.38. The minimum atomic E-state index is 0.256. The molecule has 0 saturated carbocycles. The first kappa shape index (κ1) is 8.23. The van der Waals surface area contributed by atoms with Gasteiger partial charge in [-0.15, -0.1) is 0 Å². The van der Waals surface area contributed by atoms with Crippen LogP contribution in [0.4, 0.5) is 5.69 Å². The Balaban J connectivity index is 2.35. The summed E-state index contributed by atoms with van der Waals surface area (Å²) in [6, 6.07) is 5.30. The van der Waals surface area contributed by atoms with E-state index in [1.807, 2.05) is 6.07 Å². The molecule has 0 spiro atoms. The molecule has 0 aromatic heterocycles. The van der Waals surface area contributed by atoms with Crippen LogP contribution >= 0.6 is 0 Å². The van der Waals surface area contributed by atoms with E-state index in [1.54, 1.807) is 12.1 Å². The lowest BCUT2D eigenvalue weighted by Gasteiger charge is -2.08. The van der Waals surface area contributed by atoms with Crippen molar-refractivity contribution < 1.29 is 9.84 Å². The number of phenolic OH excluding ortho intramolecular Hbond substituents is 1. The lowest BCUT2D eigenvalue weighted by Crippen LogP contribution is -2.13. The van der Waals surface area contributed by atoms with Crippen molar-refractivity contribution in [2.45, 2.75) is 6.92 Å². The predicted molar refractivity (Wildman–Crippen MR) is 51.3 cm³/mol. The molecule has 1 aliphatic rings. The highest BCUT2D eigenvalue weighted by Gasteiger charge is 2.15. The van der Waals surface area contributed by atoms with Crippen molar-refractivity contribution in [2.24, 2.45) is 5.92 Å². The second-order valence-electron chi connectivity index (χ2n) is 3.45. The summed E-state index contributed by atoms with van der Waals surface area (Å²) in [6.07, 6.45) is 0. The Labute approximate surface area is 77.3 Å². The Kier molecular flexibility index (Phi) is 2.00. The number of rotatable bonds is 0. The summed E-state index contributed by atoms with van der Waals surface area (Å²) in [5.74, 6) is 1.46. The number of hydrogen-bond donors (Lipinski definition) is 2. The molecule has 0 amide bonds. The lowest BCUT2D eigenvalue weighted by atomic mass is 10.2. The quantitative estimate of drug-likeness (QED) is 0.597. The molecule has 0 bridgehead atoms. The van der Waals surface area contributed by atoms with Crippen LogP contribution in [-0.4, -0.2) is 18.3 Å². The molecule has 1 atom stereocenters. The van der Waals surface area contributed by atoms with Crippen molar-refractivity contribution in [3.63, 3.8) is 0 Å². The lowest BCUT2D eigenvalue weighted by molar-refractivity contribution is 0.275. The fraction of sp³-hybridized carbons (Fsp3) is 0.400. The number of anilines is 1. The SMILES string of the molecule is CC1CNc2c(O)cccc2OC1. The van der Waals surface area contributed by atoms with E-state index < -0.39 is 0 Å². The van der Waals surface area contributed by atoms with Gasteiger partial charge in [-0.2, -0.15) is 0 Å². The Morgan fingerprint density at radius 3 is 3.23 bits per heavy atom. The maximum atomic E-state index is 9.53. The minimum Gasteiger partial charge on any atom is -0.506 e. The summed E-state index contributed by atoms with van der Waals surface area (Å²) in [5.41, 5.74) is 0.715. The Morgan fingerprint density at radius 2 is 2.38 bits per heavy atom. The summed E-state index contributed by atoms with van der Waals surface area (Å²) in [6.45, 7) is 3.64. The first-order valence-electron chi connectivity index (χ1n) is 4.46. The summed E-state index contributed by atoms with van der Waals surface area (Å²) in [5, 5.41) is 12.7. The summed E-state index contributed by atoms with van der Waals surface area (Å²) in [4.78, 5) is 0. The van der Waals surface area contributed by atoms with Gasteiger partial charge in [0.25, 0.3) is 0 Å². The number of para-hydroxylation sites is 1. The van der Waals surface area contributed by atoms with E-state index in [0.717, 1.165) is 12.3 Å². The van der Waals surface area contributed by atoms with Gasteiger partial charge in [-0.25, -0.2) is 0 Å². The fourth-order valence-electron chi connectivity index (χ4n) is 1.38. The molecule has 1 aliphatic heterocycles. The van der Waals surface area contributed by atoms with E-state index in [1.165, 1.54) is 0 Å². The van der Waals surface area contributed by atoms with Crippen LogP contribution in [0.25, 0.3) is 0 Å². The third kappa shape index (κ3) is 1.54. The molecule has 2 N–H and O–H groups in total. The smallest absolute Gasteiger partial charge is 0.146 e. The highest BCUT2D eigenvalue weighted by molar-refractivity contribution is 5.65. The second kappa shape index (κ2) is 3.17. The maximum absolute atomic E-state index is 9.53. The van der Waals surface area contributed by atoms with Crippen LogP contribution in [0.2, 0.25) is 0 Å². The van der Waals surface area contributed by atoms with Gasteiger partial charge in [0.15, 0.2) is 0 Å². The largest absolute Gasteiger partial charge is 0.506 e. The van der Waals surface area contributed by atoms with Crippen LogP contribution in [0.5, 0.6) is 11.5 Å². The monoisotopic (exact) mass is 179 g/mol. The highest BCUT2D eigenvalue weighted by atomic mass is 16.5. The molecule has 0 radical (unpaired) electrons. The van der Waals surface area contributed by atoms with Gasteiger partial charge < -0.3 is 15.2 Å². The molecular weight excluding hydrogens is 166 g/mol. The Bertz CT molecular complexity index is 312. The van der Waals surface area contributed by atoms with E-state index >= 15 is 0 Å². The Hall–Kier alpha value is -1.38. The minimum absolute atomic E-state index is 0.256. The van der Waals surface area contributed by atoms with Crippen molar-refractivity contribution in [3.8, 4) is 11.5 Å². The van der Waals surface area contributed by atoms with E-state index in [-0.39, 0.29) is 5.75 Å². The number of nitrogens with one attached hydrogen (secondary N) is 1. The highest BCUT2D eigenvalue weighted by Crippen LogP contribution is 2.35. The summed E-state index contributed by atoms with van der Waals surface area (Å²) in [7, 11) is 0. The van der Waals surface area contributed by atoms with Crippen LogP contribution in [-0.2, 0) is 0 Å². The normalized spacial score (nSPS) is 20.8. The van der Waals surface area contributed by atoms with Crippen LogP contribution < -0.4 is 10.1 Å². The maximum Gasteiger partial charge on any atom is 0.146 e. The number of ether oxygens (including phenoxy) is 1. The number of fused-ring (bicyclic) bond motifs is 1. The Morgan fingerprint density at radius 1 is 1.54 bits per heavy atom. The molecule has 0 fully saturated rings. The molecular formula is C10H13NO2. The van der Waals surface area contributed by atoms with Gasteiger partial charge in [0.1, 0.15) is 17.2 Å². The number of benzene rings is 1. The topological polar surface area (TPSA) is 41.5 Å². The molecule has 70 valence electrons. The predicted octanol–water partition coefficient (Wildman–Crippen LogP) is 1.83. The molecule has 3 nitrogen and oxygen atoms in total. The first-order chi connectivity index (χ1) is 6.27. The van der Waals surface area contributed by atoms with Crippen molar-refractivity contribution in [2.75, 3.05) is 18.5 Å². The van der Waals surface area contributed by atoms with Gasteiger partial charge in [0, 0.05) is 12.5 Å². The third-order valence-electron chi connectivity index (χ3n) is 2.15. The van der Waals surface area contributed by atoms with Crippen molar-refractivity contribution in [1.82, 2.24) is 0 Å². The average Bonchev–Trinajstić information content (AvgIpc) is 2.30. The van der Waals surface area contributed by atoms with Gasteiger partial charge in [-0.05, 0) is 12.1 Å². The molecule has 2 rings (SSSR count). The molecule has 1 aromatic carbocycles. The zero-order valence-electron chi connectivity index (χ0n) is 7.58. The van der Waals surface area contributed by atoms with Crippen LogP contribution in [0.15, 0.2) is 18.2 Å². The molecule has 1 unspecified atom stereocenters. The van der Waals surface area contributed by atoms with Crippen LogP contribution in [0, 0.1) is 5.92 Å². The average molecular weight is 179 g/mol. The third-order valence-corrected chi connectivity index (χ3v) is 2.15. The van der Waals surface area contributed by atoms with Gasteiger partial charge in [-0.3, -0.25) is 0 Å². The summed E-state index contributed by atoms with van der Waals surface area (Å²) < 4.78 is 5.52. The van der Waals surface area contributed by atoms with E-state index in [2.05, 4.69) is 12.2 Å². The van der Waals surface area contributed by atoms with Crippen molar-refractivity contribution in [3.05, 3.63) is 18.2 Å². The van der Waals surface area contributed by atoms with Gasteiger partial charge in [-0.1, -0.05) is 13.0 Å². The zero-order valence-corrected chi connectivity index (χ0v) is 7.58. The molecule has 1 aromatic rings. The molecule has 3 heteroatoms. The molecule has 0 saturated heterocycles. The number of hydrogen-bond acceptors (Lipinski definition) is 3. The molecule has 1 heterocycles. The summed E-state index contributed by atoms with van der Waals surface area (Å²) >= 11 is 0. The van der Waals surface area contributed by atoms with E-state index in [4.69, 9.17) is 4.74 Å². The van der Waals surface area contributed by atoms with E-state index in [9.17, 15) is 5.11 Å². The molecule has 0 aliphatic carbocycles. The van der Waals surface area contributed by atoms with Gasteiger partial charge in [0.2, 0.25) is 0 Å². The standard InChI is InChI=1S/C10H13NO2/c1-7-5-11-10-8(12)3-2-4-9(10)13-6-7/h2-4,7,11-12H,5-6H2,1H3. The molecule has 13 heavy (non-hydrogen) atoms. The first-order valence-corrected chi connectivity index (χ1v) is 4.46. The van der Waals surface area contributed by atoms with Crippen molar-refractivity contribution >= 4 is 5.69 Å².